The Hall–Kier alpha value is -2.24. The second kappa shape index (κ2) is 28.0. The summed E-state index contributed by atoms with van der Waals surface area (Å²) in [6.45, 7) is 15.7. The molecule has 0 saturated carbocycles. The number of rotatable bonds is 7. The van der Waals surface area contributed by atoms with Crippen LogP contribution in [-0.4, -0.2) is 37.2 Å². The van der Waals surface area contributed by atoms with Crippen molar-refractivity contribution in [3.05, 3.63) is 59.2 Å². The van der Waals surface area contributed by atoms with Crippen LogP contribution in [-0.2, 0) is 4.79 Å². The zero-order valence-electron chi connectivity index (χ0n) is 18.9. The summed E-state index contributed by atoms with van der Waals surface area (Å²) in [4.78, 5) is 32.1. The molecule has 0 saturated heterocycles. The summed E-state index contributed by atoms with van der Waals surface area (Å²) >= 11 is 5.71. The Bertz CT molecular complexity index is 572. The number of nitrogens with one attached hydrogen (secondary N) is 1. The summed E-state index contributed by atoms with van der Waals surface area (Å²) in [7, 11) is 1.00. The molecule has 0 heterocycles. The van der Waals surface area contributed by atoms with Gasteiger partial charge in [0.25, 0.3) is 5.91 Å². The van der Waals surface area contributed by atoms with E-state index in [4.69, 9.17) is 16.7 Å². The van der Waals surface area contributed by atoms with Gasteiger partial charge in [-0.2, -0.15) is 0 Å². The fourth-order valence-electron chi connectivity index (χ4n) is 1.45. The molecule has 0 aliphatic rings. The van der Waals surface area contributed by atoms with Crippen molar-refractivity contribution >= 4 is 30.1 Å². The minimum absolute atomic E-state index is 0.0102. The monoisotopic (exact) mass is 427 g/mol. The molecule has 1 atom stereocenters. The number of amides is 1. The van der Waals surface area contributed by atoms with E-state index in [-0.39, 0.29) is 11.8 Å². The second-order valence-corrected chi connectivity index (χ2v) is 5.22. The van der Waals surface area contributed by atoms with Gasteiger partial charge in [-0.25, -0.2) is 0 Å². The van der Waals surface area contributed by atoms with Crippen LogP contribution in [0.1, 0.15) is 68.7 Å². The first-order valence-electron chi connectivity index (χ1n) is 9.64. The number of aliphatic hydroxyl groups excluding tert-OH is 1. The standard InChI is InChI=1S/C13H14ClNO2.C5H8O.2C2H6.CH4O/c1-9(10(2)14)7-15-13(17)12-6-4-3-5-11(12)8-16;1-2-3-4-5-6;3*1-2/h3-6,8-9H,2,7H2,1H3,(H,15,17);2-3,5H,4H2,1H3;2*1-2H3;2H,1H3/b;3-2+;;;. The molecular weight excluding hydrogens is 390 g/mol. The van der Waals surface area contributed by atoms with Crippen molar-refractivity contribution < 1.29 is 19.5 Å². The smallest absolute Gasteiger partial charge is 0.252 e. The van der Waals surface area contributed by atoms with Gasteiger partial charge in [0.05, 0.1) is 0 Å². The van der Waals surface area contributed by atoms with Crippen LogP contribution in [0.25, 0.3) is 0 Å². The lowest BCUT2D eigenvalue weighted by molar-refractivity contribution is -0.107. The van der Waals surface area contributed by atoms with Gasteiger partial charge in [-0.1, -0.05) is 83.1 Å². The highest BCUT2D eigenvalue weighted by molar-refractivity contribution is 6.29. The SMILES string of the molecule is C/C=C/CC=O.C=C(Cl)C(C)CNC(=O)c1ccccc1C=O.CC.CC.CO. The average molecular weight is 428 g/mol. The third-order valence-electron chi connectivity index (χ3n) is 2.90. The molecule has 5 nitrogen and oxygen atoms in total. The van der Waals surface area contributed by atoms with Gasteiger partial charge in [0.15, 0.2) is 6.29 Å². The number of benzene rings is 1. The van der Waals surface area contributed by atoms with Crippen molar-refractivity contribution in [3.63, 3.8) is 0 Å². The number of allylic oxidation sites excluding steroid dienone is 2. The molecule has 0 aliphatic carbocycles. The Morgan fingerprint density at radius 2 is 1.69 bits per heavy atom. The molecule has 0 spiro atoms. The van der Waals surface area contributed by atoms with Gasteiger partial charge < -0.3 is 15.2 Å². The van der Waals surface area contributed by atoms with Crippen molar-refractivity contribution in [1.82, 2.24) is 5.32 Å². The number of halogens is 1. The largest absolute Gasteiger partial charge is 0.400 e. The fraction of sp³-hybridized carbons (Fsp3) is 0.435. The molecule has 0 bridgehead atoms. The third-order valence-corrected chi connectivity index (χ3v) is 3.28. The van der Waals surface area contributed by atoms with E-state index < -0.39 is 0 Å². The maximum absolute atomic E-state index is 11.8. The lowest BCUT2D eigenvalue weighted by Gasteiger charge is -2.11. The van der Waals surface area contributed by atoms with Gasteiger partial charge in [-0.05, 0) is 13.0 Å². The van der Waals surface area contributed by atoms with E-state index in [2.05, 4.69) is 11.9 Å². The summed E-state index contributed by atoms with van der Waals surface area (Å²) in [5, 5.41) is 10.2. The van der Waals surface area contributed by atoms with Gasteiger partial charge in [0.1, 0.15) is 6.29 Å². The number of aliphatic hydroxyl groups is 1. The number of hydrogen-bond acceptors (Lipinski definition) is 4. The summed E-state index contributed by atoms with van der Waals surface area (Å²) < 4.78 is 0. The van der Waals surface area contributed by atoms with E-state index in [1.807, 2.05) is 53.7 Å². The molecule has 1 aromatic carbocycles. The van der Waals surface area contributed by atoms with Gasteiger partial charge >= 0.3 is 0 Å². The van der Waals surface area contributed by atoms with E-state index >= 15 is 0 Å². The Balaban J connectivity index is -0.000000218. The highest BCUT2D eigenvalue weighted by Crippen LogP contribution is 2.11. The van der Waals surface area contributed by atoms with Crippen LogP contribution in [0.3, 0.4) is 0 Å². The molecule has 2 N–H and O–H groups in total. The Morgan fingerprint density at radius 3 is 2.07 bits per heavy atom. The van der Waals surface area contributed by atoms with E-state index in [1.54, 1.807) is 24.3 Å². The summed E-state index contributed by atoms with van der Waals surface area (Å²) in [6.07, 6.45) is 5.76. The van der Waals surface area contributed by atoms with Gasteiger partial charge in [0, 0.05) is 42.2 Å². The van der Waals surface area contributed by atoms with Gasteiger partial charge in [-0.15, -0.1) is 0 Å². The van der Waals surface area contributed by atoms with Crippen molar-refractivity contribution in [2.45, 2.75) is 48.0 Å². The zero-order valence-corrected chi connectivity index (χ0v) is 19.6. The van der Waals surface area contributed by atoms with Crippen LogP contribution in [0.2, 0.25) is 0 Å². The second-order valence-electron chi connectivity index (χ2n) is 4.73. The van der Waals surface area contributed by atoms with E-state index in [0.717, 1.165) is 13.4 Å². The van der Waals surface area contributed by atoms with Crippen molar-refractivity contribution in [2.75, 3.05) is 13.7 Å². The predicted octanol–water partition coefficient (Wildman–Crippen LogP) is 5.43. The first-order chi connectivity index (χ1) is 14.0. The van der Waals surface area contributed by atoms with Crippen LogP contribution >= 0.6 is 11.6 Å². The quantitative estimate of drug-likeness (QED) is 0.448. The maximum Gasteiger partial charge on any atom is 0.252 e. The first-order valence-corrected chi connectivity index (χ1v) is 10.0. The first kappa shape index (κ1) is 34.3. The molecular formula is C23H38ClNO4. The zero-order chi connectivity index (χ0) is 23.7. The minimum atomic E-state index is -0.280. The van der Waals surface area contributed by atoms with E-state index in [0.29, 0.717) is 35.4 Å². The Morgan fingerprint density at radius 1 is 1.17 bits per heavy atom. The molecule has 29 heavy (non-hydrogen) atoms. The number of aldehydes is 2. The number of carbonyl (C=O) groups is 3. The van der Waals surface area contributed by atoms with Crippen LogP contribution < -0.4 is 5.32 Å². The van der Waals surface area contributed by atoms with Crippen LogP contribution in [0.4, 0.5) is 0 Å². The molecule has 0 aliphatic heterocycles. The number of carbonyl (C=O) groups excluding carboxylic acids is 3. The molecule has 0 fully saturated rings. The molecule has 6 heteroatoms. The summed E-state index contributed by atoms with van der Waals surface area (Å²) in [5.41, 5.74) is 0.747. The van der Waals surface area contributed by atoms with Crippen LogP contribution in [0.15, 0.2) is 48.0 Å². The molecule has 1 amide bonds. The lowest BCUT2D eigenvalue weighted by atomic mass is 10.1. The van der Waals surface area contributed by atoms with Crippen molar-refractivity contribution in [3.8, 4) is 0 Å². The van der Waals surface area contributed by atoms with Crippen LogP contribution in [0, 0.1) is 5.92 Å². The van der Waals surface area contributed by atoms with E-state index in [1.165, 1.54) is 0 Å². The maximum atomic E-state index is 11.8. The van der Waals surface area contributed by atoms with Gasteiger partial charge in [-0.3, -0.25) is 9.59 Å². The lowest BCUT2D eigenvalue weighted by Crippen LogP contribution is -2.29. The molecule has 1 rings (SSSR count). The summed E-state index contributed by atoms with van der Waals surface area (Å²) in [6, 6.07) is 6.64. The normalized spacial score (nSPS) is 9.41. The summed E-state index contributed by atoms with van der Waals surface area (Å²) in [5.74, 6) is -0.290. The third kappa shape index (κ3) is 20.3. The van der Waals surface area contributed by atoms with E-state index in [9.17, 15) is 14.4 Å². The molecule has 1 unspecified atom stereocenters. The minimum Gasteiger partial charge on any atom is -0.400 e. The number of hydrogen-bond donors (Lipinski definition) is 2. The molecule has 0 radical (unpaired) electrons. The topological polar surface area (TPSA) is 83.5 Å². The van der Waals surface area contributed by atoms with Gasteiger partial charge in [0.2, 0.25) is 0 Å². The molecule has 166 valence electrons. The van der Waals surface area contributed by atoms with Crippen molar-refractivity contribution in [2.24, 2.45) is 5.92 Å². The predicted molar refractivity (Wildman–Crippen MR) is 125 cm³/mol. The Labute approximate surface area is 181 Å². The van der Waals surface area contributed by atoms with Crippen LogP contribution in [0.5, 0.6) is 0 Å². The average Bonchev–Trinajstić information content (AvgIpc) is 2.80. The molecule has 0 aromatic heterocycles. The van der Waals surface area contributed by atoms with Crippen molar-refractivity contribution in [1.29, 1.82) is 0 Å². The highest BCUT2D eigenvalue weighted by Gasteiger charge is 2.11. The Kier molecular flexibility index (Phi) is 33.1. The highest BCUT2D eigenvalue weighted by atomic mass is 35.5. The molecule has 1 aromatic rings. The fourth-order valence-corrected chi connectivity index (χ4v) is 1.53.